The molecule has 1 aliphatic heterocycles. The van der Waals surface area contributed by atoms with E-state index in [1.807, 2.05) is 38.1 Å². The van der Waals surface area contributed by atoms with Crippen molar-refractivity contribution >= 4 is 17.5 Å². The highest BCUT2D eigenvalue weighted by atomic mass is 16.5. The fourth-order valence-electron chi connectivity index (χ4n) is 3.97. The van der Waals surface area contributed by atoms with Crippen molar-refractivity contribution in [3.05, 3.63) is 53.6 Å². The number of benzene rings is 2. The zero-order valence-corrected chi connectivity index (χ0v) is 19.5. The lowest BCUT2D eigenvalue weighted by Crippen LogP contribution is -2.24. The van der Waals surface area contributed by atoms with Crippen LogP contribution >= 0.6 is 0 Å². The monoisotopic (exact) mass is 449 g/mol. The molecule has 1 atom stereocenters. The fourth-order valence-corrected chi connectivity index (χ4v) is 3.97. The second-order valence-electron chi connectivity index (χ2n) is 9.03. The van der Waals surface area contributed by atoms with Gasteiger partial charge in [0.15, 0.2) is 11.5 Å². The van der Waals surface area contributed by atoms with Gasteiger partial charge < -0.3 is 20.1 Å². The van der Waals surface area contributed by atoms with Crippen LogP contribution in [0, 0.1) is 16.7 Å². The lowest BCUT2D eigenvalue weighted by molar-refractivity contribution is -0.117. The van der Waals surface area contributed by atoms with Crippen molar-refractivity contribution in [1.29, 1.82) is 5.26 Å². The van der Waals surface area contributed by atoms with Gasteiger partial charge in [-0.25, -0.2) is 0 Å². The molecule has 1 aliphatic rings. The van der Waals surface area contributed by atoms with Gasteiger partial charge in [0.05, 0.1) is 25.2 Å². The lowest BCUT2D eigenvalue weighted by atomic mass is 9.89. The van der Waals surface area contributed by atoms with Gasteiger partial charge in [-0.2, -0.15) is 5.26 Å². The number of amides is 2. The van der Waals surface area contributed by atoms with Crippen LogP contribution in [0.1, 0.15) is 61.4 Å². The molecule has 1 unspecified atom stereocenters. The second-order valence-corrected chi connectivity index (χ2v) is 9.03. The maximum absolute atomic E-state index is 12.7. The van der Waals surface area contributed by atoms with E-state index < -0.39 is 5.91 Å². The molecule has 2 amide bonds. The third kappa shape index (κ3) is 6.04. The van der Waals surface area contributed by atoms with E-state index in [1.165, 1.54) is 0 Å². The quantitative estimate of drug-likeness (QED) is 0.541. The molecule has 1 fully saturated rings. The van der Waals surface area contributed by atoms with Gasteiger partial charge in [0, 0.05) is 30.1 Å². The number of methoxy groups -OCH3 is 1. The Labute approximate surface area is 195 Å². The first-order chi connectivity index (χ1) is 15.7. The maximum atomic E-state index is 12.7. The van der Waals surface area contributed by atoms with Crippen LogP contribution in [0.25, 0.3) is 0 Å². The summed E-state index contributed by atoms with van der Waals surface area (Å²) in [6.07, 6.45) is 2.93. The predicted octanol–water partition coefficient (Wildman–Crippen LogP) is 4.41. The largest absolute Gasteiger partial charge is 0.493 e. The van der Waals surface area contributed by atoms with Gasteiger partial charge >= 0.3 is 0 Å². The number of nitrogens with zero attached hydrogens (tertiary/aromatic N) is 2. The number of unbranched alkanes of at least 4 members (excludes halogenated alkanes) is 1. The Morgan fingerprint density at radius 2 is 2.00 bits per heavy atom. The van der Waals surface area contributed by atoms with Crippen LogP contribution in [-0.4, -0.2) is 32.1 Å². The van der Waals surface area contributed by atoms with Gasteiger partial charge in [0.1, 0.15) is 0 Å². The van der Waals surface area contributed by atoms with Crippen molar-refractivity contribution in [2.75, 3.05) is 25.2 Å². The van der Waals surface area contributed by atoms with Gasteiger partial charge in [-0.3, -0.25) is 9.59 Å². The van der Waals surface area contributed by atoms with Gasteiger partial charge in [-0.15, -0.1) is 0 Å². The number of rotatable bonds is 10. The van der Waals surface area contributed by atoms with E-state index in [4.69, 9.17) is 20.5 Å². The topological polar surface area (TPSA) is 106 Å². The third-order valence-corrected chi connectivity index (χ3v) is 5.98. The number of nitrogens with two attached hydrogens (primary N) is 1. The Kier molecular flexibility index (Phi) is 7.59. The minimum absolute atomic E-state index is 0.0000132. The highest BCUT2D eigenvalue weighted by molar-refractivity contribution is 5.99. The molecule has 0 spiro atoms. The van der Waals surface area contributed by atoms with Crippen molar-refractivity contribution in [3.63, 3.8) is 0 Å². The number of nitriles is 1. The normalized spacial score (nSPS) is 15.9. The summed E-state index contributed by atoms with van der Waals surface area (Å²) < 4.78 is 11.4. The van der Waals surface area contributed by atoms with Crippen LogP contribution < -0.4 is 20.1 Å². The number of primary amides is 1. The molecule has 0 saturated carbocycles. The van der Waals surface area contributed by atoms with Crippen molar-refractivity contribution in [2.45, 2.75) is 45.4 Å². The molecule has 0 bridgehead atoms. The lowest BCUT2D eigenvalue weighted by Gasteiger charge is -2.18. The molecule has 2 N–H and O–H groups in total. The van der Waals surface area contributed by atoms with Crippen LogP contribution in [0.3, 0.4) is 0 Å². The summed E-state index contributed by atoms with van der Waals surface area (Å²) in [5, 5.41) is 9.13. The van der Waals surface area contributed by atoms with E-state index in [2.05, 4.69) is 6.07 Å². The first-order valence-electron chi connectivity index (χ1n) is 11.2. The zero-order valence-electron chi connectivity index (χ0n) is 19.5. The number of ether oxygens (including phenoxy) is 2. The molecule has 3 rings (SSSR count). The fraction of sp³-hybridized carbons (Fsp3) is 0.423. The van der Waals surface area contributed by atoms with E-state index in [0.717, 1.165) is 24.8 Å². The first kappa shape index (κ1) is 24.1. The molecule has 1 saturated heterocycles. The molecule has 0 aromatic heterocycles. The molecule has 2 aromatic rings. The Morgan fingerprint density at radius 3 is 2.70 bits per heavy atom. The third-order valence-electron chi connectivity index (χ3n) is 5.98. The van der Waals surface area contributed by atoms with E-state index in [9.17, 15) is 9.59 Å². The summed E-state index contributed by atoms with van der Waals surface area (Å²) in [7, 11) is 1.60. The van der Waals surface area contributed by atoms with Crippen LogP contribution in [0.15, 0.2) is 42.5 Å². The SMILES string of the molecule is COc1ccc(C2CC(=O)N(c3cccc(C(N)=O)c3)C2)cc1OCCCCC(C)(C)C#N. The highest BCUT2D eigenvalue weighted by Crippen LogP contribution is 2.37. The number of hydrogen-bond donors (Lipinski definition) is 1. The molecule has 1 heterocycles. The average molecular weight is 450 g/mol. The molecule has 2 aromatic carbocycles. The Hall–Kier alpha value is -3.53. The number of hydrogen-bond acceptors (Lipinski definition) is 5. The smallest absolute Gasteiger partial charge is 0.248 e. The van der Waals surface area contributed by atoms with E-state index in [0.29, 0.717) is 42.3 Å². The van der Waals surface area contributed by atoms with Crippen LogP contribution in [-0.2, 0) is 4.79 Å². The van der Waals surface area contributed by atoms with Crippen LogP contribution in [0.2, 0.25) is 0 Å². The number of carbonyl (C=O) groups is 2. The molecular weight excluding hydrogens is 418 g/mol. The standard InChI is InChI=1S/C26H31N3O4/c1-26(2,17-27)11-4-5-12-33-23-14-18(9-10-22(23)32-3)20-15-24(30)29(16-20)21-8-6-7-19(13-21)25(28)31/h6-10,13-14,20H,4-5,11-12,15-16H2,1-3H3,(H2,28,31). The Balaban J connectivity index is 1.67. The van der Waals surface area contributed by atoms with Gasteiger partial charge in [-0.1, -0.05) is 12.1 Å². The van der Waals surface area contributed by atoms with E-state index >= 15 is 0 Å². The van der Waals surface area contributed by atoms with Crippen molar-refractivity contribution < 1.29 is 19.1 Å². The summed E-state index contributed by atoms with van der Waals surface area (Å²) >= 11 is 0. The zero-order chi connectivity index (χ0) is 24.0. The van der Waals surface area contributed by atoms with Crippen LogP contribution in [0.5, 0.6) is 11.5 Å². The summed E-state index contributed by atoms with van der Waals surface area (Å²) in [5.74, 6) is 0.773. The second kappa shape index (κ2) is 10.4. The van der Waals surface area contributed by atoms with Crippen molar-refractivity contribution in [3.8, 4) is 17.6 Å². The minimum atomic E-state index is -0.520. The number of anilines is 1. The van der Waals surface area contributed by atoms with Crippen molar-refractivity contribution in [2.24, 2.45) is 11.1 Å². The minimum Gasteiger partial charge on any atom is -0.493 e. The molecular formula is C26H31N3O4. The molecule has 7 heteroatoms. The average Bonchev–Trinajstić information content (AvgIpc) is 3.20. The predicted molar refractivity (Wildman–Crippen MR) is 126 cm³/mol. The molecule has 0 aliphatic carbocycles. The molecule has 174 valence electrons. The summed E-state index contributed by atoms with van der Waals surface area (Å²) in [6, 6.07) is 14.9. The van der Waals surface area contributed by atoms with E-state index in [1.54, 1.807) is 30.2 Å². The van der Waals surface area contributed by atoms with Gasteiger partial charge in [0.25, 0.3) is 0 Å². The molecule has 7 nitrogen and oxygen atoms in total. The Morgan fingerprint density at radius 1 is 1.21 bits per heavy atom. The first-order valence-corrected chi connectivity index (χ1v) is 11.2. The molecule has 0 radical (unpaired) electrons. The van der Waals surface area contributed by atoms with E-state index in [-0.39, 0.29) is 17.2 Å². The van der Waals surface area contributed by atoms with Gasteiger partial charge in [0.2, 0.25) is 11.8 Å². The Bertz CT molecular complexity index is 1060. The summed E-state index contributed by atoms with van der Waals surface area (Å²) in [6.45, 7) is 4.92. The van der Waals surface area contributed by atoms with Crippen molar-refractivity contribution in [1.82, 2.24) is 0 Å². The van der Waals surface area contributed by atoms with Gasteiger partial charge in [-0.05, 0) is 69.0 Å². The maximum Gasteiger partial charge on any atom is 0.248 e. The number of carbonyl (C=O) groups excluding carboxylic acids is 2. The summed E-state index contributed by atoms with van der Waals surface area (Å²) in [4.78, 5) is 25.9. The van der Waals surface area contributed by atoms with Crippen LogP contribution in [0.4, 0.5) is 5.69 Å². The summed E-state index contributed by atoms with van der Waals surface area (Å²) in [5.41, 5.74) is 7.10. The highest BCUT2D eigenvalue weighted by Gasteiger charge is 2.32. The molecule has 33 heavy (non-hydrogen) atoms.